The monoisotopic (exact) mass is 245 g/mol. The van der Waals surface area contributed by atoms with E-state index in [-0.39, 0.29) is 23.6 Å². The maximum Gasteiger partial charge on any atom is 0.250 e. The fourth-order valence-corrected chi connectivity index (χ4v) is 1.97. The van der Waals surface area contributed by atoms with E-state index in [0.29, 0.717) is 0 Å². The van der Waals surface area contributed by atoms with Crippen LogP contribution in [0.5, 0.6) is 0 Å². The molecule has 0 atom stereocenters. The molecule has 1 amide bonds. The van der Waals surface area contributed by atoms with Crippen LogP contribution in [0, 0.1) is 0 Å². The second kappa shape index (κ2) is 5.01. The van der Waals surface area contributed by atoms with Crippen LogP contribution < -0.4 is 10.5 Å². The number of amides is 1. The first-order chi connectivity index (χ1) is 7.47. The quantitative estimate of drug-likeness (QED) is 0.579. The van der Waals surface area contributed by atoms with Crippen LogP contribution in [0.2, 0.25) is 0 Å². The number of nitrogens with one attached hydrogen (secondary N) is 1. The van der Waals surface area contributed by atoms with Crippen molar-refractivity contribution in [3.05, 3.63) is 24.0 Å². The van der Waals surface area contributed by atoms with Gasteiger partial charge in [-0.3, -0.25) is 9.78 Å². The van der Waals surface area contributed by atoms with E-state index in [4.69, 9.17) is 10.8 Å². The van der Waals surface area contributed by atoms with Crippen molar-refractivity contribution in [3.63, 3.8) is 0 Å². The number of pyridine rings is 1. The van der Waals surface area contributed by atoms with Crippen LogP contribution in [-0.2, 0) is 10.0 Å². The largest absolute Gasteiger partial charge is 0.395 e. The predicted molar refractivity (Wildman–Crippen MR) is 55.0 cm³/mol. The topological polar surface area (TPSA) is 122 Å². The van der Waals surface area contributed by atoms with Gasteiger partial charge >= 0.3 is 0 Å². The fraction of sp³-hybridized carbons (Fsp3) is 0.250. The van der Waals surface area contributed by atoms with Gasteiger partial charge in [0, 0.05) is 18.9 Å². The molecule has 1 aromatic heterocycles. The summed E-state index contributed by atoms with van der Waals surface area (Å²) in [6.45, 7) is -0.425. The number of sulfonamides is 1. The van der Waals surface area contributed by atoms with Crippen LogP contribution in [0.15, 0.2) is 23.4 Å². The molecule has 0 fully saturated rings. The van der Waals surface area contributed by atoms with Crippen LogP contribution in [0.1, 0.15) is 10.4 Å². The smallest absolute Gasteiger partial charge is 0.250 e. The van der Waals surface area contributed by atoms with E-state index in [1.54, 1.807) is 0 Å². The first-order valence-corrected chi connectivity index (χ1v) is 5.81. The first kappa shape index (κ1) is 12.6. The number of nitrogens with two attached hydrogens (primary N) is 1. The molecule has 0 aromatic carbocycles. The molecule has 0 bridgehead atoms. The molecule has 0 aliphatic rings. The Morgan fingerprint density at radius 3 is 2.75 bits per heavy atom. The lowest BCUT2D eigenvalue weighted by molar-refractivity contribution is 0.0999. The maximum atomic E-state index is 11.6. The molecule has 0 unspecified atom stereocenters. The van der Waals surface area contributed by atoms with Gasteiger partial charge in [0.15, 0.2) is 0 Å². The third-order valence-corrected chi connectivity index (χ3v) is 3.14. The third kappa shape index (κ3) is 2.99. The Balaban J connectivity index is 3.04. The molecule has 88 valence electrons. The molecule has 0 aliphatic heterocycles. The Morgan fingerprint density at radius 1 is 1.50 bits per heavy atom. The third-order valence-electron chi connectivity index (χ3n) is 1.71. The molecule has 16 heavy (non-hydrogen) atoms. The summed E-state index contributed by atoms with van der Waals surface area (Å²) in [6.07, 6.45) is 2.26. The standard InChI is InChI=1S/C8H11N3O4S/c9-8(13)6-3-7(5-10-4-6)16(14,15)11-1-2-12/h3-5,11-12H,1-2H2,(H2,9,13). The molecule has 0 saturated carbocycles. The van der Waals surface area contributed by atoms with E-state index >= 15 is 0 Å². The van der Waals surface area contributed by atoms with E-state index in [1.165, 1.54) is 6.20 Å². The van der Waals surface area contributed by atoms with Crippen molar-refractivity contribution >= 4 is 15.9 Å². The van der Waals surface area contributed by atoms with Gasteiger partial charge in [-0.05, 0) is 6.07 Å². The normalized spacial score (nSPS) is 11.3. The van der Waals surface area contributed by atoms with Gasteiger partial charge in [-0.25, -0.2) is 13.1 Å². The molecule has 4 N–H and O–H groups in total. The first-order valence-electron chi connectivity index (χ1n) is 4.33. The molecule has 0 radical (unpaired) electrons. The molecule has 8 heteroatoms. The van der Waals surface area contributed by atoms with Gasteiger partial charge < -0.3 is 10.8 Å². The van der Waals surface area contributed by atoms with Crippen LogP contribution in [-0.4, -0.2) is 37.6 Å². The van der Waals surface area contributed by atoms with Crippen LogP contribution in [0.4, 0.5) is 0 Å². The average molecular weight is 245 g/mol. The van der Waals surface area contributed by atoms with Gasteiger partial charge in [-0.15, -0.1) is 0 Å². The second-order valence-corrected chi connectivity index (χ2v) is 4.66. The molecule has 1 aromatic rings. The summed E-state index contributed by atoms with van der Waals surface area (Å²) in [4.78, 5) is 14.2. The zero-order valence-corrected chi connectivity index (χ0v) is 9.07. The summed E-state index contributed by atoms with van der Waals surface area (Å²) in [6, 6.07) is 1.12. The number of nitrogens with zero attached hydrogens (tertiary/aromatic N) is 1. The zero-order chi connectivity index (χ0) is 12.2. The number of primary amides is 1. The molecule has 0 spiro atoms. The van der Waals surface area contributed by atoms with Crippen LogP contribution in [0.3, 0.4) is 0 Å². The Bertz CT molecular complexity index is 486. The van der Waals surface area contributed by atoms with Crippen molar-refractivity contribution < 1.29 is 18.3 Å². The van der Waals surface area contributed by atoms with Crippen molar-refractivity contribution in [3.8, 4) is 0 Å². The number of aromatic nitrogens is 1. The highest BCUT2D eigenvalue weighted by Gasteiger charge is 2.15. The highest BCUT2D eigenvalue weighted by molar-refractivity contribution is 7.89. The SMILES string of the molecule is NC(=O)c1cncc(S(=O)(=O)NCCO)c1. The summed E-state index contributed by atoms with van der Waals surface area (Å²) >= 11 is 0. The molecule has 7 nitrogen and oxygen atoms in total. The number of carbonyl (C=O) groups excluding carboxylic acids is 1. The van der Waals surface area contributed by atoms with Crippen molar-refractivity contribution in [1.82, 2.24) is 9.71 Å². The lowest BCUT2D eigenvalue weighted by Gasteiger charge is -2.05. The molecule has 1 heterocycles. The molecular formula is C8H11N3O4S. The van der Waals surface area contributed by atoms with Gasteiger partial charge in [-0.2, -0.15) is 0 Å². The minimum Gasteiger partial charge on any atom is -0.395 e. The average Bonchev–Trinajstić information content (AvgIpc) is 2.26. The van der Waals surface area contributed by atoms with Crippen molar-refractivity contribution in [1.29, 1.82) is 0 Å². The van der Waals surface area contributed by atoms with E-state index < -0.39 is 15.9 Å². The lowest BCUT2D eigenvalue weighted by atomic mass is 10.3. The van der Waals surface area contributed by atoms with E-state index in [2.05, 4.69) is 9.71 Å². The summed E-state index contributed by atoms with van der Waals surface area (Å²) < 4.78 is 25.2. The minimum absolute atomic E-state index is 0.00636. The Hall–Kier alpha value is -1.51. The van der Waals surface area contributed by atoms with Crippen molar-refractivity contribution in [2.45, 2.75) is 4.90 Å². The summed E-state index contributed by atoms with van der Waals surface area (Å²) in [5.74, 6) is -0.758. The molecular weight excluding hydrogens is 234 g/mol. The van der Waals surface area contributed by atoms with Crippen molar-refractivity contribution in [2.75, 3.05) is 13.2 Å². The molecule has 0 aliphatic carbocycles. The molecule has 0 saturated heterocycles. The second-order valence-electron chi connectivity index (χ2n) is 2.89. The number of hydrogen-bond acceptors (Lipinski definition) is 5. The van der Waals surface area contributed by atoms with E-state index in [1.807, 2.05) is 0 Å². The number of hydrogen-bond donors (Lipinski definition) is 3. The fourth-order valence-electron chi connectivity index (χ4n) is 0.964. The van der Waals surface area contributed by atoms with Crippen LogP contribution >= 0.6 is 0 Å². The summed E-state index contributed by atoms with van der Waals surface area (Å²) in [5.41, 5.74) is 5.00. The zero-order valence-electron chi connectivity index (χ0n) is 8.25. The number of aliphatic hydroxyl groups excluding tert-OH is 1. The lowest BCUT2D eigenvalue weighted by Crippen LogP contribution is -2.27. The van der Waals surface area contributed by atoms with Gasteiger partial charge in [0.1, 0.15) is 4.90 Å². The highest BCUT2D eigenvalue weighted by Crippen LogP contribution is 2.08. The van der Waals surface area contributed by atoms with E-state index in [9.17, 15) is 13.2 Å². The van der Waals surface area contributed by atoms with E-state index in [0.717, 1.165) is 12.3 Å². The Labute approximate surface area is 92.4 Å². The number of carbonyl (C=O) groups is 1. The maximum absolute atomic E-state index is 11.6. The number of aliphatic hydroxyl groups is 1. The predicted octanol–water partition coefficient (Wildman–Crippen LogP) is -1.55. The van der Waals surface area contributed by atoms with Gasteiger partial charge in [0.2, 0.25) is 15.9 Å². The van der Waals surface area contributed by atoms with Gasteiger partial charge in [0.25, 0.3) is 0 Å². The van der Waals surface area contributed by atoms with Gasteiger partial charge in [-0.1, -0.05) is 0 Å². The number of rotatable bonds is 5. The Kier molecular flexibility index (Phi) is 3.93. The molecule has 1 rings (SSSR count). The minimum atomic E-state index is -3.76. The Morgan fingerprint density at radius 2 is 2.19 bits per heavy atom. The van der Waals surface area contributed by atoms with Crippen LogP contribution in [0.25, 0.3) is 0 Å². The van der Waals surface area contributed by atoms with Gasteiger partial charge in [0.05, 0.1) is 12.2 Å². The van der Waals surface area contributed by atoms with Crippen molar-refractivity contribution in [2.24, 2.45) is 5.73 Å². The summed E-state index contributed by atoms with van der Waals surface area (Å²) in [7, 11) is -3.76. The summed E-state index contributed by atoms with van der Waals surface area (Å²) in [5, 5.41) is 8.50. The highest BCUT2D eigenvalue weighted by atomic mass is 32.2.